The van der Waals surface area contributed by atoms with Gasteiger partial charge < -0.3 is 10.6 Å². The van der Waals surface area contributed by atoms with Crippen molar-refractivity contribution in [2.45, 2.75) is 33.2 Å². The van der Waals surface area contributed by atoms with E-state index < -0.39 is 18.8 Å². The van der Waals surface area contributed by atoms with E-state index in [4.69, 9.17) is 10.6 Å². The van der Waals surface area contributed by atoms with Crippen molar-refractivity contribution in [3.8, 4) is 0 Å². The Morgan fingerprint density at radius 3 is 2.21 bits per heavy atom. The second-order valence-electron chi connectivity index (χ2n) is 4.78. The monoisotopic (exact) mass is 221 g/mol. The van der Waals surface area contributed by atoms with Gasteiger partial charge in [-0.15, -0.1) is 0 Å². The Labute approximate surface area is 85.3 Å². The van der Waals surface area contributed by atoms with E-state index in [1.807, 2.05) is 0 Å². The number of nitrogens with two attached hydrogens (primary N) is 1. The third-order valence-corrected chi connectivity index (χ3v) is 3.02. The number of rotatable bonds is 4. The molecule has 0 rings (SSSR count). The molecule has 14 heavy (non-hydrogen) atoms. The van der Waals surface area contributed by atoms with Crippen LogP contribution in [0.2, 0.25) is 0 Å². The van der Waals surface area contributed by atoms with Crippen LogP contribution in [-0.4, -0.2) is 29.5 Å². The Hall–Kier alpha value is -0.180. The molecule has 0 saturated heterocycles. The van der Waals surface area contributed by atoms with Crippen LogP contribution in [0.25, 0.3) is 0 Å². The van der Waals surface area contributed by atoms with Crippen molar-refractivity contribution in [3.63, 3.8) is 0 Å². The minimum atomic E-state index is -3.04. The summed E-state index contributed by atoms with van der Waals surface area (Å²) >= 11 is 0. The maximum atomic E-state index is 11.6. The molecule has 0 radical (unpaired) electrons. The Kier molecular flexibility index (Phi) is 4.50. The fraction of sp³-hybridized carbons (Fsp3) is 0.889. The number of carbonyl (C=O) groups excluding carboxylic acids is 1. The Bertz CT molecular complexity index is 251. The Balaban J connectivity index is 4.18. The molecule has 0 amide bonds. The lowest BCUT2D eigenvalue weighted by Gasteiger charge is -2.21. The molecule has 0 aliphatic rings. The van der Waals surface area contributed by atoms with Crippen molar-refractivity contribution >= 4 is 13.2 Å². The quantitative estimate of drug-likeness (QED) is 0.699. The van der Waals surface area contributed by atoms with Gasteiger partial charge in [-0.05, 0) is 6.42 Å². The maximum absolute atomic E-state index is 11.6. The van der Waals surface area contributed by atoms with E-state index in [9.17, 15) is 9.36 Å². The van der Waals surface area contributed by atoms with Crippen LogP contribution < -0.4 is 5.73 Å². The molecule has 0 aromatic carbocycles. The lowest BCUT2D eigenvalue weighted by molar-refractivity contribution is -0.127. The summed E-state index contributed by atoms with van der Waals surface area (Å²) in [4.78, 5) is 20.6. The van der Waals surface area contributed by atoms with Crippen molar-refractivity contribution in [1.29, 1.82) is 0 Å². The lowest BCUT2D eigenvalue weighted by Crippen LogP contribution is -2.39. The topological polar surface area (TPSA) is 80.4 Å². The predicted molar refractivity (Wildman–Crippen MR) is 57.7 cm³/mol. The van der Waals surface area contributed by atoms with Gasteiger partial charge in [0.05, 0.1) is 6.04 Å². The first-order valence-corrected chi connectivity index (χ1v) is 6.92. The average Bonchev–Trinajstić information content (AvgIpc) is 1.95. The van der Waals surface area contributed by atoms with Crippen LogP contribution >= 0.6 is 7.37 Å². The molecule has 3 N–H and O–H groups in total. The van der Waals surface area contributed by atoms with Crippen LogP contribution in [0.15, 0.2) is 0 Å². The van der Waals surface area contributed by atoms with E-state index in [0.717, 1.165) is 0 Å². The average molecular weight is 221 g/mol. The molecule has 0 saturated carbocycles. The van der Waals surface area contributed by atoms with Crippen molar-refractivity contribution < 1.29 is 14.3 Å². The molecule has 2 unspecified atom stereocenters. The van der Waals surface area contributed by atoms with Gasteiger partial charge in [-0.1, -0.05) is 20.8 Å². The largest absolute Gasteiger partial charge is 0.344 e. The summed E-state index contributed by atoms with van der Waals surface area (Å²) in [7, 11) is -3.04. The highest BCUT2D eigenvalue weighted by atomic mass is 31.2. The maximum Gasteiger partial charge on any atom is 0.197 e. The summed E-state index contributed by atoms with van der Waals surface area (Å²) in [5.41, 5.74) is 5.15. The lowest BCUT2D eigenvalue weighted by atomic mass is 9.86. The summed E-state index contributed by atoms with van der Waals surface area (Å²) < 4.78 is 11.0. The first-order chi connectivity index (χ1) is 6.04. The van der Waals surface area contributed by atoms with Crippen LogP contribution in [0.3, 0.4) is 0 Å². The molecule has 0 bridgehead atoms. The zero-order valence-corrected chi connectivity index (χ0v) is 10.2. The summed E-state index contributed by atoms with van der Waals surface area (Å²) in [5, 5.41) is 0. The van der Waals surface area contributed by atoms with Crippen molar-refractivity contribution in [3.05, 3.63) is 0 Å². The van der Waals surface area contributed by atoms with Gasteiger partial charge in [0.25, 0.3) is 0 Å². The molecule has 0 aromatic heterocycles. The van der Waals surface area contributed by atoms with Crippen LogP contribution in [0.5, 0.6) is 0 Å². The van der Waals surface area contributed by atoms with Crippen LogP contribution in [0.1, 0.15) is 27.2 Å². The third-order valence-electron chi connectivity index (χ3n) is 1.93. The molecular formula is C9H20NO3P. The van der Waals surface area contributed by atoms with Gasteiger partial charge in [0.1, 0.15) is 0 Å². The normalized spacial score (nSPS) is 18.7. The summed E-state index contributed by atoms with van der Waals surface area (Å²) in [6.45, 7) is 6.65. The molecule has 0 heterocycles. The van der Waals surface area contributed by atoms with Crippen molar-refractivity contribution in [2.24, 2.45) is 11.1 Å². The summed E-state index contributed by atoms with van der Waals surface area (Å²) in [5.74, 6) is -0.0639. The zero-order valence-electron chi connectivity index (χ0n) is 9.28. The number of Topliss-reactive ketones (excluding diaryl/α,β-unsaturated/α-hetero) is 1. The van der Waals surface area contributed by atoms with E-state index >= 15 is 0 Å². The third kappa shape index (κ3) is 5.53. The van der Waals surface area contributed by atoms with E-state index in [-0.39, 0.29) is 18.4 Å². The van der Waals surface area contributed by atoms with Gasteiger partial charge in [-0.2, -0.15) is 0 Å². The SMILES string of the molecule is CC(C)(C)C(=O)C(N)CCP(C)(=O)O. The predicted octanol–water partition coefficient (Wildman–Crippen LogP) is 1.22. The molecule has 84 valence electrons. The molecule has 0 fully saturated rings. The highest BCUT2D eigenvalue weighted by Gasteiger charge is 2.27. The fourth-order valence-electron chi connectivity index (χ4n) is 1.07. The Morgan fingerprint density at radius 1 is 1.50 bits per heavy atom. The van der Waals surface area contributed by atoms with Gasteiger partial charge in [0, 0.05) is 18.2 Å². The van der Waals surface area contributed by atoms with E-state index in [2.05, 4.69) is 0 Å². The van der Waals surface area contributed by atoms with Gasteiger partial charge in [-0.3, -0.25) is 9.36 Å². The molecule has 0 aliphatic heterocycles. The van der Waals surface area contributed by atoms with E-state index in [1.165, 1.54) is 6.66 Å². The minimum absolute atomic E-state index is 0.0639. The smallest absolute Gasteiger partial charge is 0.197 e. The molecule has 0 aromatic rings. The zero-order chi connectivity index (χ0) is 11.6. The molecule has 0 aliphatic carbocycles. The van der Waals surface area contributed by atoms with Crippen molar-refractivity contribution in [1.82, 2.24) is 0 Å². The highest BCUT2D eigenvalue weighted by Crippen LogP contribution is 2.36. The van der Waals surface area contributed by atoms with Gasteiger partial charge in [0.2, 0.25) is 0 Å². The number of hydrogen-bond acceptors (Lipinski definition) is 3. The second-order valence-corrected chi connectivity index (χ2v) is 7.33. The van der Waals surface area contributed by atoms with Gasteiger partial charge in [0.15, 0.2) is 13.2 Å². The minimum Gasteiger partial charge on any atom is -0.344 e. The fourth-order valence-corrected chi connectivity index (χ4v) is 1.82. The van der Waals surface area contributed by atoms with Gasteiger partial charge in [-0.25, -0.2) is 0 Å². The van der Waals surface area contributed by atoms with E-state index in [1.54, 1.807) is 20.8 Å². The first-order valence-electron chi connectivity index (χ1n) is 4.63. The number of carbonyl (C=O) groups is 1. The second kappa shape index (κ2) is 4.56. The molecule has 0 spiro atoms. The summed E-state index contributed by atoms with van der Waals surface area (Å²) in [6, 6.07) is -0.629. The highest BCUT2D eigenvalue weighted by molar-refractivity contribution is 7.57. The van der Waals surface area contributed by atoms with Crippen LogP contribution in [0, 0.1) is 5.41 Å². The number of ketones is 1. The van der Waals surface area contributed by atoms with E-state index in [0.29, 0.717) is 0 Å². The van der Waals surface area contributed by atoms with Crippen LogP contribution in [0.4, 0.5) is 0 Å². The standard InChI is InChI=1S/C9H20NO3P/c1-9(2,3)8(11)7(10)5-6-14(4,12)13/h7H,5-6,10H2,1-4H3,(H,12,13). The van der Waals surface area contributed by atoms with Crippen molar-refractivity contribution in [2.75, 3.05) is 12.8 Å². The Morgan fingerprint density at radius 2 is 1.93 bits per heavy atom. The molecular weight excluding hydrogens is 201 g/mol. The molecule has 4 nitrogen and oxygen atoms in total. The number of hydrogen-bond donors (Lipinski definition) is 2. The van der Waals surface area contributed by atoms with Gasteiger partial charge >= 0.3 is 0 Å². The summed E-state index contributed by atoms with van der Waals surface area (Å²) in [6.07, 6.45) is 0.385. The van der Waals surface area contributed by atoms with Crippen LogP contribution in [-0.2, 0) is 9.36 Å². The molecule has 2 atom stereocenters. The molecule has 5 heteroatoms. The first kappa shape index (κ1) is 13.8.